The molecule has 0 aromatic heterocycles. The largest absolute Gasteiger partial charge is 0.314 e. The van der Waals surface area contributed by atoms with E-state index in [1.807, 2.05) is 0 Å². The van der Waals surface area contributed by atoms with Gasteiger partial charge in [0.2, 0.25) is 0 Å². The first-order chi connectivity index (χ1) is 6.52. The van der Waals surface area contributed by atoms with Crippen LogP contribution in [0.2, 0.25) is 0 Å². The minimum atomic E-state index is 0.607. The molecule has 0 radical (unpaired) electrons. The highest BCUT2D eigenvalue weighted by atomic mass is 15.2. The van der Waals surface area contributed by atoms with Crippen LogP contribution in [0.4, 0.5) is 0 Å². The maximum atomic E-state index is 3.51. The van der Waals surface area contributed by atoms with Crippen LogP contribution in [0.1, 0.15) is 40.5 Å². The lowest BCUT2D eigenvalue weighted by molar-refractivity contribution is 0.186. The van der Waals surface area contributed by atoms with Gasteiger partial charge in [0.25, 0.3) is 0 Å². The third-order valence-corrected chi connectivity index (χ3v) is 3.44. The summed E-state index contributed by atoms with van der Waals surface area (Å²) in [5, 5.41) is 3.51. The highest BCUT2D eigenvalue weighted by molar-refractivity contribution is 4.87. The quantitative estimate of drug-likeness (QED) is 0.703. The molecule has 0 aliphatic heterocycles. The molecule has 84 valence electrons. The smallest absolute Gasteiger partial charge is 0.0105 e. The van der Waals surface area contributed by atoms with Crippen LogP contribution >= 0.6 is 0 Å². The molecule has 0 amide bonds. The SMILES string of the molecule is CC(C)NCC(C)C(C)N(C)C1CC1. The van der Waals surface area contributed by atoms with Gasteiger partial charge in [-0.3, -0.25) is 0 Å². The van der Waals surface area contributed by atoms with Crippen molar-refractivity contribution in [2.75, 3.05) is 13.6 Å². The van der Waals surface area contributed by atoms with Crippen molar-refractivity contribution in [3.63, 3.8) is 0 Å². The highest BCUT2D eigenvalue weighted by Gasteiger charge is 2.30. The molecule has 2 nitrogen and oxygen atoms in total. The number of rotatable bonds is 6. The second-order valence-corrected chi connectivity index (χ2v) is 5.18. The van der Waals surface area contributed by atoms with Crippen molar-refractivity contribution in [2.24, 2.45) is 5.92 Å². The Morgan fingerprint density at radius 3 is 2.21 bits per heavy atom. The molecule has 0 spiro atoms. The molecule has 2 atom stereocenters. The zero-order valence-electron chi connectivity index (χ0n) is 10.4. The van der Waals surface area contributed by atoms with Gasteiger partial charge in [-0.1, -0.05) is 20.8 Å². The van der Waals surface area contributed by atoms with Gasteiger partial charge < -0.3 is 10.2 Å². The summed E-state index contributed by atoms with van der Waals surface area (Å²) in [5.74, 6) is 0.739. The summed E-state index contributed by atoms with van der Waals surface area (Å²) in [4.78, 5) is 2.55. The molecule has 1 aliphatic carbocycles. The summed E-state index contributed by atoms with van der Waals surface area (Å²) in [6.45, 7) is 10.3. The number of hydrogen-bond donors (Lipinski definition) is 1. The van der Waals surface area contributed by atoms with E-state index in [9.17, 15) is 0 Å². The normalized spacial score (nSPS) is 21.6. The molecule has 0 saturated heterocycles. The molecule has 1 rings (SSSR count). The molecular weight excluding hydrogens is 172 g/mol. The fraction of sp³-hybridized carbons (Fsp3) is 1.00. The van der Waals surface area contributed by atoms with Crippen molar-refractivity contribution < 1.29 is 0 Å². The Hall–Kier alpha value is -0.0800. The van der Waals surface area contributed by atoms with E-state index < -0.39 is 0 Å². The van der Waals surface area contributed by atoms with Crippen LogP contribution in [0.3, 0.4) is 0 Å². The number of nitrogens with one attached hydrogen (secondary N) is 1. The molecule has 0 aromatic carbocycles. The molecule has 2 unspecified atom stereocenters. The fourth-order valence-corrected chi connectivity index (χ4v) is 1.81. The van der Waals surface area contributed by atoms with E-state index in [0.29, 0.717) is 12.1 Å². The van der Waals surface area contributed by atoms with Crippen LogP contribution in [0.5, 0.6) is 0 Å². The van der Waals surface area contributed by atoms with Gasteiger partial charge in [0.15, 0.2) is 0 Å². The second kappa shape index (κ2) is 5.13. The maximum absolute atomic E-state index is 3.51. The molecule has 1 N–H and O–H groups in total. The number of hydrogen-bond acceptors (Lipinski definition) is 2. The zero-order valence-corrected chi connectivity index (χ0v) is 10.4. The highest BCUT2D eigenvalue weighted by Crippen LogP contribution is 2.28. The van der Waals surface area contributed by atoms with Crippen LogP contribution in [-0.2, 0) is 0 Å². The standard InChI is InChI=1S/C12H26N2/c1-9(2)13-8-10(3)11(4)14(5)12-6-7-12/h9-13H,6-8H2,1-5H3. The van der Waals surface area contributed by atoms with E-state index in [-0.39, 0.29) is 0 Å². The van der Waals surface area contributed by atoms with Crippen LogP contribution in [0.25, 0.3) is 0 Å². The molecule has 1 aliphatic rings. The van der Waals surface area contributed by atoms with Crippen molar-refractivity contribution in [2.45, 2.75) is 58.7 Å². The number of nitrogens with zero attached hydrogens (tertiary/aromatic N) is 1. The Kier molecular flexibility index (Phi) is 4.39. The Morgan fingerprint density at radius 2 is 1.79 bits per heavy atom. The van der Waals surface area contributed by atoms with Crippen molar-refractivity contribution >= 4 is 0 Å². The lowest BCUT2D eigenvalue weighted by Gasteiger charge is -2.30. The summed E-state index contributed by atoms with van der Waals surface area (Å²) < 4.78 is 0. The Balaban J connectivity index is 2.23. The Bertz CT molecular complexity index is 164. The summed E-state index contributed by atoms with van der Waals surface area (Å²) >= 11 is 0. The van der Waals surface area contributed by atoms with Crippen LogP contribution < -0.4 is 5.32 Å². The molecule has 0 aromatic rings. The minimum absolute atomic E-state index is 0.607. The summed E-state index contributed by atoms with van der Waals surface area (Å²) in [6, 6.07) is 2.19. The first-order valence-corrected chi connectivity index (χ1v) is 5.97. The van der Waals surface area contributed by atoms with E-state index in [1.165, 1.54) is 12.8 Å². The van der Waals surface area contributed by atoms with Crippen molar-refractivity contribution in [3.8, 4) is 0 Å². The van der Waals surface area contributed by atoms with Crippen LogP contribution in [0, 0.1) is 5.92 Å². The molecule has 1 fully saturated rings. The predicted molar refractivity (Wildman–Crippen MR) is 62.5 cm³/mol. The molecule has 0 bridgehead atoms. The zero-order chi connectivity index (χ0) is 10.7. The predicted octanol–water partition coefficient (Wildman–Crippen LogP) is 2.10. The van der Waals surface area contributed by atoms with Gasteiger partial charge in [-0.2, -0.15) is 0 Å². The lowest BCUT2D eigenvalue weighted by Crippen LogP contribution is -2.41. The van der Waals surface area contributed by atoms with Gasteiger partial charge in [0.1, 0.15) is 0 Å². The van der Waals surface area contributed by atoms with E-state index in [2.05, 4.69) is 45.0 Å². The Morgan fingerprint density at radius 1 is 1.21 bits per heavy atom. The maximum Gasteiger partial charge on any atom is 0.0105 e. The molecular formula is C12H26N2. The average molecular weight is 198 g/mol. The third-order valence-electron chi connectivity index (χ3n) is 3.44. The van der Waals surface area contributed by atoms with Gasteiger partial charge in [-0.25, -0.2) is 0 Å². The molecule has 0 heterocycles. The molecule has 2 heteroatoms. The van der Waals surface area contributed by atoms with Crippen molar-refractivity contribution in [3.05, 3.63) is 0 Å². The lowest BCUT2D eigenvalue weighted by atomic mass is 10.0. The minimum Gasteiger partial charge on any atom is -0.314 e. The first-order valence-electron chi connectivity index (χ1n) is 5.97. The average Bonchev–Trinajstić information content (AvgIpc) is 2.94. The molecule has 14 heavy (non-hydrogen) atoms. The van der Waals surface area contributed by atoms with E-state index in [1.54, 1.807) is 0 Å². The molecule has 1 saturated carbocycles. The summed E-state index contributed by atoms with van der Waals surface area (Å²) in [7, 11) is 2.27. The first kappa shape index (κ1) is 12.0. The Labute approximate surface area is 89.1 Å². The van der Waals surface area contributed by atoms with Gasteiger partial charge in [0.05, 0.1) is 0 Å². The van der Waals surface area contributed by atoms with Gasteiger partial charge in [-0.05, 0) is 39.3 Å². The fourth-order valence-electron chi connectivity index (χ4n) is 1.81. The van der Waals surface area contributed by atoms with Crippen LogP contribution in [0.15, 0.2) is 0 Å². The topological polar surface area (TPSA) is 15.3 Å². The van der Waals surface area contributed by atoms with E-state index in [4.69, 9.17) is 0 Å². The summed E-state index contributed by atoms with van der Waals surface area (Å²) in [5.41, 5.74) is 0. The van der Waals surface area contributed by atoms with E-state index in [0.717, 1.165) is 18.5 Å². The van der Waals surface area contributed by atoms with Gasteiger partial charge >= 0.3 is 0 Å². The van der Waals surface area contributed by atoms with Gasteiger partial charge in [-0.15, -0.1) is 0 Å². The van der Waals surface area contributed by atoms with Crippen molar-refractivity contribution in [1.29, 1.82) is 0 Å². The monoisotopic (exact) mass is 198 g/mol. The van der Waals surface area contributed by atoms with E-state index >= 15 is 0 Å². The summed E-state index contributed by atoms with van der Waals surface area (Å²) in [6.07, 6.45) is 2.82. The third kappa shape index (κ3) is 3.58. The van der Waals surface area contributed by atoms with Gasteiger partial charge in [0, 0.05) is 18.1 Å². The van der Waals surface area contributed by atoms with Crippen molar-refractivity contribution in [1.82, 2.24) is 10.2 Å². The second-order valence-electron chi connectivity index (χ2n) is 5.18. The van der Waals surface area contributed by atoms with Crippen LogP contribution in [-0.4, -0.2) is 36.6 Å².